The summed E-state index contributed by atoms with van der Waals surface area (Å²) in [6.45, 7) is 2.06. The van der Waals surface area contributed by atoms with Crippen LogP contribution in [0.1, 0.15) is 29.5 Å². The number of rotatable bonds is 12. The number of nitrogens with one attached hydrogen (secondary N) is 1. The molecule has 2 amide bonds. The molecule has 0 spiro atoms. The molecule has 38 heavy (non-hydrogen) atoms. The van der Waals surface area contributed by atoms with Crippen LogP contribution in [0.4, 0.5) is 10.1 Å². The largest absolute Gasteiger partial charge is 0.357 e. The topological polar surface area (TPSA) is 86.8 Å². The van der Waals surface area contributed by atoms with Gasteiger partial charge in [-0.3, -0.25) is 13.9 Å². The molecule has 0 heterocycles. The van der Waals surface area contributed by atoms with Crippen LogP contribution in [-0.4, -0.2) is 51.0 Å². The van der Waals surface area contributed by atoms with Gasteiger partial charge in [-0.15, -0.1) is 0 Å². The van der Waals surface area contributed by atoms with Gasteiger partial charge >= 0.3 is 0 Å². The Morgan fingerprint density at radius 2 is 1.55 bits per heavy atom. The molecule has 3 aromatic carbocycles. The zero-order valence-electron chi connectivity index (χ0n) is 21.9. The minimum atomic E-state index is -3.58. The molecular formula is C29H34FN3O4S. The Balaban J connectivity index is 1.84. The highest BCUT2D eigenvalue weighted by Gasteiger charge is 2.30. The Labute approximate surface area is 224 Å². The second kappa shape index (κ2) is 13.2. The maximum atomic E-state index is 13.6. The van der Waals surface area contributed by atoms with Gasteiger partial charge in [0.05, 0.1) is 11.9 Å². The van der Waals surface area contributed by atoms with E-state index in [9.17, 15) is 22.4 Å². The third-order valence-corrected chi connectivity index (χ3v) is 7.50. The van der Waals surface area contributed by atoms with Crippen molar-refractivity contribution < 1.29 is 22.4 Å². The summed E-state index contributed by atoms with van der Waals surface area (Å²) in [5.74, 6) is -1.00. The molecule has 0 radical (unpaired) electrons. The first-order valence-corrected chi connectivity index (χ1v) is 14.3. The number of benzene rings is 3. The second-order valence-corrected chi connectivity index (χ2v) is 11.1. The van der Waals surface area contributed by atoms with E-state index in [2.05, 4.69) is 5.32 Å². The van der Waals surface area contributed by atoms with E-state index in [4.69, 9.17) is 0 Å². The molecule has 0 unspecified atom stereocenters. The molecule has 1 atom stereocenters. The normalized spacial score (nSPS) is 12.0. The van der Waals surface area contributed by atoms with Gasteiger partial charge in [-0.05, 0) is 48.2 Å². The number of nitrogens with zero attached hydrogens (tertiary/aromatic N) is 2. The summed E-state index contributed by atoms with van der Waals surface area (Å²) in [6, 6.07) is 21.6. The summed E-state index contributed by atoms with van der Waals surface area (Å²) in [5.41, 5.74) is 2.95. The average molecular weight is 540 g/mol. The van der Waals surface area contributed by atoms with Gasteiger partial charge < -0.3 is 10.2 Å². The van der Waals surface area contributed by atoms with Crippen LogP contribution >= 0.6 is 0 Å². The summed E-state index contributed by atoms with van der Waals surface area (Å²) >= 11 is 0. The van der Waals surface area contributed by atoms with Crippen LogP contribution in [0.15, 0.2) is 78.9 Å². The van der Waals surface area contributed by atoms with Crippen LogP contribution < -0.4 is 9.62 Å². The van der Waals surface area contributed by atoms with E-state index in [1.807, 2.05) is 49.4 Å². The van der Waals surface area contributed by atoms with Crippen LogP contribution in [-0.2, 0) is 32.6 Å². The van der Waals surface area contributed by atoms with Gasteiger partial charge in [-0.25, -0.2) is 12.8 Å². The Bertz CT molecular complexity index is 1330. The lowest BCUT2D eigenvalue weighted by Gasteiger charge is -2.31. The number of halogens is 1. The lowest BCUT2D eigenvalue weighted by molar-refractivity contribution is -0.141. The Kier molecular flexibility index (Phi) is 10.0. The fraction of sp³-hybridized carbons (Fsp3) is 0.310. The Hall–Kier alpha value is -3.72. The van der Waals surface area contributed by atoms with E-state index >= 15 is 0 Å². The molecule has 0 aromatic heterocycles. The minimum Gasteiger partial charge on any atom is -0.357 e. The lowest BCUT2D eigenvalue weighted by atomic mass is 10.0. The molecule has 3 aromatic rings. The van der Waals surface area contributed by atoms with Crippen molar-refractivity contribution in [2.75, 3.05) is 24.2 Å². The molecule has 0 aliphatic carbocycles. The maximum Gasteiger partial charge on any atom is 0.242 e. The van der Waals surface area contributed by atoms with Crippen molar-refractivity contribution in [1.82, 2.24) is 10.2 Å². The van der Waals surface area contributed by atoms with Crippen molar-refractivity contribution >= 4 is 27.5 Å². The number of amides is 2. The van der Waals surface area contributed by atoms with Crippen molar-refractivity contribution in [1.29, 1.82) is 0 Å². The first-order chi connectivity index (χ1) is 18.1. The molecule has 0 fully saturated rings. The van der Waals surface area contributed by atoms with Crippen molar-refractivity contribution in [3.8, 4) is 0 Å². The van der Waals surface area contributed by atoms with E-state index in [-0.39, 0.29) is 37.7 Å². The number of sulfonamides is 1. The molecule has 3 rings (SSSR count). The van der Waals surface area contributed by atoms with E-state index in [1.165, 1.54) is 28.4 Å². The zero-order valence-corrected chi connectivity index (χ0v) is 22.7. The van der Waals surface area contributed by atoms with Gasteiger partial charge in [0.15, 0.2) is 0 Å². The van der Waals surface area contributed by atoms with Crippen LogP contribution in [0.3, 0.4) is 0 Å². The molecular weight excluding hydrogens is 505 g/mol. The molecule has 202 valence electrons. The van der Waals surface area contributed by atoms with Crippen LogP contribution in [0, 0.1) is 12.7 Å². The summed E-state index contributed by atoms with van der Waals surface area (Å²) in [7, 11) is -2.06. The molecule has 7 nitrogen and oxygen atoms in total. The maximum absolute atomic E-state index is 13.6. The minimum absolute atomic E-state index is 0.0291. The van der Waals surface area contributed by atoms with Gasteiger partial charge in [-0.1, -0.05) is 60.7 Å². The van der Waals surface area contributed by atoms with Crippen molar-refractivity contribution in [2.24, 2.45) is 0 Å². The number of hydrogen-bond acceptors (Lipinski definition) is 4. The molecule has 0 aliphatic heterocycles. The number of carbonyl (C=O) groups is 2. The third kappa shape index (κ3) is 7.89. The van der Waals surface area contributed by atoms with E-state index < -0.39 is 21.9 Å². The second-order valence-electron chi connectivity index (χ2n) is 9.19. The van der Waals surface area contributed by atoms with Crippen LogP contribution in [0.5, 0.6) is 0 Å². The SMILES string of the molecule is CNC(=O)[C@@H](Cc1ccccc1)N(Cc1ccc(F)cc1)C(=O)CCCN(c1ccccc1C)S(C)(=O)=O. The number of likely N-dealkylation sites (N-methyl/N-ethyl adjacent to an activating group) is 1. The summed E-state index contributed by atoms with van der Waals surface area (Å²) in [4.78, 5) is 28.1. The van der Waals surface area contributed by atoms with Gasteiger partial charge in [-0.2, -0.15) is 0 Å². The van der Waals surface area contributed by atoms with Crippen LogP contribution in [0.25, 0.3) is 0 Å². The first kappa shape index (κ1) is 28.8. The monoisotopic (exact) mass is 539 g/mol. The van der Waals surface area contributed by atoms with Crippen molar-refractivity contribution in [2.45, 2.75) is 38.8 Å². The lowest BCUT2D eigenvalue weighted by Crippen LogP contribution is -2.49. The quantitative estimate of drug-likeness (QED) is 0.376. The smallest absolute Gasteiger partial charge is 0.242 e. The third-order valence-electron chi connectivity index (χ3n) is 6.32. The molecule has 0 saturated carbocycles. The number of aryl methyl sites for hydroxylation is 1. The molecule has 0 saturated heterocycles. The Morgan fingerprint density at radius 3 is 2.16 bits per heavy atom. The first-order valence-electron chi connectivity index (χ1n) is 12.4. The van der Waals surface area contributed by atoms with Gasteiger partial charge in [0.2, 0.25) is 21.8 Å². The van der Waals surface area contributed by atoms with E-state index in [0.29, 0.717) is 17.7 Å². The zero-order chi connectivity index (χ0) is 27.7. The summed E-state index contributed by atoms with van der Waals surface area (Å²) in [6.07, 6.45) is 1.73. The predicted molar refractivity (Wildman–Crippen MR) is 148 cm³/mol. The molecule has 0 bridgehead atoms. The molecule has 9 heteroatoms. The highest BCUT2D eigenvalue weighted by molar-refractivity contribution is 7.92. The van der Waals surface area contributed by atoms with Gasteiger partial charge in [0.1, 0.15) is 11.9 Å². The van der Waals surface area contributed by atoms with E-state index in [1.54, 1.807) is 24.3 Å². The highest BCUT2D eigenvalue weighted by Crippen LogP contribution is 2.23. The van der Waals surface area contributed by atoms with Gasteiger partial charge in [0, 0.05) is 33.0 Å². The van der Waals surface area contributed by atoms with Crippen LogP contribution in [0.2, 0.25) is 0 Å². The summed E-state index contributed by atoms with van der Waals surface area (Å²) in [5, 5.41) is 2.66. The molecule has 0 aliphatic rings. The number of carbonyl (C=O) groups excluding carboxylic acids is 2. The van der Waals surface area contributed by atoms with Gasteiger partial charge in [0.25, 0.3) is 0 Å². The number of para-hydroxylation sites is 1. The fourth-order valence-corrected chi connectivity index (χ4v) is 5.36. The number of hydrogen-bond donors (Lipinski definition) is 1. The number of anilines is 1. The average Bonchev–Trinajstić information content (AvgIpc) is 2.89. The van der Waals surface area contributed by atoms with E-state index in [0.717, 1.165) is 17.4 Å². The van der Waals surface area contributed by atoms with Crippen molar-refractivity contribution in [3.05, 3.63) is 101 Å². The predicted octanol–water partition coefficient (Wildman–Crippen LogP) is 4.07. The standard InChI is InChI=1S/C29H34FN3O4S/c1-22-10-7-8-13-26(22)33(38(3,36)37)19-9-14-28(34)32(21-24-15-17-25(30)18-16-24)27(29(35)31-2)20-23-11-5-4-6-12-23/h4-8,10-13,15-18,27H,9,14,19-21H2,1-3H3,(H,31,35)/t27-/m1/s1. The highest BCUT2D eigenvalue weighted by atomic mass is 32.2. The molecule has 1 N–H and O–H groups in total. The fourth-order valence-electron chi connectivity index (χ4n) is 4.33. The Morgan fingerprint density at radius 1 is 0.921 bits per heavy atom. The van der Waals surface area contributed by atoms with Crippen molar-refractivity contribution in [3.63, 3.8) is 0 Å². The summed E-state index contributed by atoms with van der Waals surface area (Å²) < 4.78 is 39.9.